The van der Waals surface area contributed by atoms with Crippen molar-refractivity contribution >= 4 is 102 Å². The van der Waals surface area contributed by atoms with E-state index in [-0.39, 0.29) is 42.9 Å². The average molecular weight is 1140 g/mol. The van der Waals surface area contributed by atoms with Gasteiger partial charge in [0.2, 0.25) is 23.8 Å². The number of nitrogen functional groups attached to an aromatic ring is 2. The largest absolute Gasteiger partial charge is 1.00 e. The summed E-state index contributed by atoms with van der Waals surface area (Å²) in [5.74, 6) is 7.04. The van der Waals surface area contributed by atoms with E-state index in [1.165, 1.54) is 12.4 Å². The summed E-state index contributed by atoms with van der Waals surface area (Å²) in [6.07, 6.45) is 12.8. The Balaban J connectivity index is 0.000000252. The van der Waals surface area contributed by atoms with E-state index >= 15 is 0 Å². The normalized spacial score (nSPS) is 9.72. The van der Waals surface area contributed by atoms with Gasteiger partial charge < -0.3 is 36.1 Å². The van der Waals surface area contributed by atoms with Crippen LogP contribution >= 0.6 is 34.2 Å². The monoisotopic (exact) mass is 1140 g/mol. The van der Waals surface area contributed by atoms with E-state index in [9.17, 15) is 0 Å². The van der Waals surface area contributed by atoms with Crippen molar-refractivity contribution in [3.63, 3.8) is 0 Å². The molecule has 0 radical (unpaired) electrons. The molecule has 3 aromatic carbocycles. The number of halogens is 2. The minimum absolute atomic E-state index is 0. The maximum atomic E-state index is 8.25. The molecule has 0 aliphatic rings. The molecule has 0 aliphatic heterocycles. The summed E-state index contributed by atoms with van der Waals surface area (Å²) in [5, 5.41) is 14.7. The molecule has 0 saturated carbocycles. The molecule has 7 heterocycles. The molecule has 5 N–H and O–H groups in total. The molecule has 74 heavy (non-hydrogen) atoms. The number of hydrogen-bond donors (Lipinski definition) is 3. The second-order valence-electron chi connectivity index (χ2n) is 14.1. The van der Waals surface area contributed by atoms with Crippen molar-refractivity contribution in [2.45, 2.75) is 28.2 Å². The number of hydrogen-bond acceptors (Lipinski definition) is 22. The Labute approximate surface area is 468 Å². The molecular weight excluding hydrogens is 1090 g/mol. The molecule has 0 aliphatic carbocycles. The van der Waals surface area contributed by atoms with Gasteiger partial charge in [-0.1, -0.05) is 55.4 Å². The fraction of sp³-hybridized carbons (Fsp3) is 0.184. The average Bonchev–Trinajstić information content (AvgIpc) is 3.41. The summed E-state index contributed by atoms with van der Waals surface area (Å²) in [7, 11) is 7.35. The van der Waals surface area contributed by atoms with Crippen LogP contribution in [0.5, 0.6) is 17.2 Å². The summed E-state index contributed by atoms with van der Waals surface area (Å²) in [6, 6.07) is 23.4. The maximum Gasteiger partial charge on any atom is 1.00 e. The molecule has 0 fully saturated rings. The van der Waals surface area contributed by atoms with E-state index in [4.69, 9.17) is 42.4 Å². The first-order valence-corrected chi connectivity index (χ1v) is 22.6. The van der Waals surface area contributed by atoms with Gasteiger partial charge in [0, 0.05) is 39.2 Å². The first kappa shape index (κ1) is 60.9. The van der Waals surface area contributed by atoms with E-state index in [1.54, 1.807) is 58.5 Å². The first-order valence-electron chi connectivity index (χ1n) is 21.2. The van der Waals surface area contributed by atoms with E-state index in [0.29, 0.717) is 63.5 Å². The Hall–Kier alpha value is -7.42. The van der Waals surface area contributed by atoms with Crippen molar-refractivity contribution < 1.29 is 48.9 Å². The Bertz CT molecular complexity index is 3250. The molecule has 0 spiro atoms. The molecule has 0 amide bonds. The van der Waals surface area contributed by atoms with Gasteiger partial charge in [-0.3, -0.25) is 4.90 Å². The summed E-state index contributed by atoms with van der Waals surface area (Å²) in [4.78, 5) is 59.7. The molecule has 0 unspecified atom stereocenters. The van der Waals surface area contributed by atoms with Gasteiger partial charge in [0.25, 0.3) is 0 Å². The smallest absolute Gasteiger partial charge is 0.857 e. The zero-order chi connectivity index (χ0) is 52.0. The molecule has 0 saturated heterocycles. The summed E-state index contributed by atoms with van der Waals surface area (Å²) in [5.41, 5.74) is 13.1. The number of ether oxygens (including phenoxy) is 3. The van der Waals surface area contributed by atoms with Gasteiger partial charge in [-0.05, 0) is 79.8 Å². The van der Waals surface area contributed by atoms with Crippen LogP contribution in [0.15, 0.2) is 122 Å². The second kappa shape index (κ2) is 31.2. The Morgan fingerprint density at radius 3 is 1.39 bits per heavy atom. The minimum Gasteiger partial charge on any atom is -0.857 e. The molecule has 10 rings (SSSR count). The van der Waals surface area contributed by atoms with E-state index < -0.39 is 0 Å². The van der Waals surface area contributed by atoms with Gasteiger partial charge in [0.15, 0.2) is 17.2 Å². The van der Waals surface area contributed by atoms with Crippen molar-refractivity contribution in [1.82, 2.24) is 69.8 Å². The van der Waals surface area contributed by atoms with Crippen LogP contribution < -0.4 is 70.6 Å². The van der Waals surface area contributed by atoms with Crippen LogP contribution in [-0.4, -0.2) is 105 Å². The van der Waals surface area contributed by atoms with Crippen LogP contribution in [0.25, 0.3) is 32.7 Å². The van der Waals surface area contributed by atoms with E-state index in [2.05, 4.69) is 97.7 Å². The zero-order valence-corrected chi connectivity index (χ0v) is 46.2. The minimum atomic E-state index is 0. The predicted octanol–water partition coefficient (Wildman–Crippen LogP) is 4.92. The maximum absolute atomic E-state index is 8.25. The topological polar surface area (TPSA) is 299 Å². The number of fused-ring (bicyclic) bond motifs is 3. The van der Waals surface area contributed by atoms with Crippen molar-refractivity contribution in [3.8, 4) is 17.2 Å². The Morgan fingerprint density at radius 2 is 0.905 bits per heavy atom. The number of aromatic nitrogens is 14. The fourth-order valence-corrected chi connectivity index (χ4v) is 6.45. The molecule has 22 nitrogen and oxygen atoms in total. The van der Waals surface area contributed by atoms with Crippen LogP contribution in [0.3, 0.4) is 0 Å². The molecule has 10 aromatic rings. The van der Waals surface area contributed by atoms with Gasteiger partial charge in [0.1, 0.15) is 34.3 Å². The summed E-state index contributed by atoms with van der Waals surface area (Å²) < 4.78 is 15.9. The van der Waals surface area contributed by atoms with Crippen molar-refractivity contribution in [1.29, 1.82) is 0 Å². The van der Waals surface area contributed by atoms with Crippen molar-refractivity contribution in [3.05, 3.63) is 149 Å². The van der Waals surface area contributed by atoms with Gasteiger partial charge in [-0.2, -0.15) is 7.11 Å². The molecule has 378 valence electrons. The molecule has 25 heteroatoms. The van der Waals surface area contributed by atoms with Crippen LogP contribution in [0.1, 0.15) is 24.9 Å². The van der Waals surface area contributed by atoms with Crippen LogP contribution in [0.4, 0.5) is 35.4 Å². The first-order chi connectivity index (χ1) is 34.8. The molecule has 7 aromatic heterocycles. The number of anilines is 6. The van der Waals surface area contributed by atoms with Crippen molar-refractivity contribution in [2.24, 2.45) is 0 Å². The summed E-state index contributed by atoms with van der Waals surface area (Å²) >= 11 is 8.03. The third-order valence-corrected chi connectivity index (χ3v) is 10.0. The van der Waals surface area contributed by atoms with E-state index in [0.717, 1.165) is 49.2 Å². The summed E-state index contributed by atoms with van der Waals surface area (Å²) in [6.45, 7) is 5.56. The van der Waals surface area contributed by atoms with E-state index in [1.807, 2.05) is 106 Å². The Kier molecular flexibility index (Phi) is 25.7. The number of benzene rings is 3. The number of nitrogens with one attached hydrogen (secondary N) is 1. The predicted molar refractivity (Wildman–Crippen MR) is 291 cm³/mol. The van der Waals surface area contributed by atoms with Gasteiger partial charge >= 0.3 is 29.6 Å². The third kappa shape index (κ3) is 18.3. The van der Waals surface area contributed by atoms with Gasteiger partial charge in [-0.25, -0.2) is 69.8 Å². The number of nitrogens with two attached hydrogens (primary N) is 2. The zero-order valence-electron chi connectivity index (χ0n) is 41.3. The standard InChI is InChI=1S/C15H15N5O.C14H13N5O.C9H7ClN2.C5H7N3O.C4H4IN3.CH3O.CH4.Na/c1-10-18-13-7-5-4-6-12(13)14(19-10)20(2)15-16-8-11(21-3)9-17-15;1-9-17-12-6-4-3-5-11(12)13(18-9)19-14-15-7-10(20-2)8-16-14;1-6-11-8-5-3-2-4-7(8)9(10)12-6;1-9-4-2-7-5(6)8-3-4;5-3-1-7-4(6)8-2-3;1-2;;/h4-9H,1-3H3;3-8H,1-2H3,(H,15,16,17,18,19);2-5H,1H3;2-3H,1H3,(H2,6,7,8);1-2H,(H2,6,7,8);1H3;1H4;/q;;;;;-1;;+1. The number of rotatable bonds is 7. The van der Waals surface area contributed by atoms with Gasteiger partial charge in [0.05, 0.1) is 75.1 Å². The molecule has 0 atom stereocenters. The number of nitrogens with zero attached hydrogens (tertiary/aromatic N) is 15. The van der Waals surface area contributed by atoms with Crippen LogP contribution in [0.2, 0.25) is 5.15 Å². The molecular formula is C49H53ClIN18NaO4. The quantitative estimate of drug-likeness (QED) is 0.108. The SMILES string of the molecule is C.COc1cnc(N(C)c2nc(C)nc3ccccc23)nc1.COc1cnc(N)nc1.COc1cnc(Nc2nc(C)nc3ccccc23)nc1.C[O-].Cc1nc(Cl)c2ccccc2n1.Nc1ncc(I)cn1.[Na+]. The number of aryl methyl sites for hydroxylation is 3. The van der Waals surface area contributed by atoms with Gasteiger partial charge in [-0.15, -0.1) is 0 Å². The number of para-hydroxylation sites is 3. The fourth-order valence-electron chi connectivity index (χ4n) is 5.89. The second-order valence-corrected chi connectivity index (χ2v) is 15.7. The Morgan fingerprint density at radius 1 is 0.527 bits per heavy atom. The van der Waals surface area contributed by atoms with Crippen LogP contribution in [0, 0.1) is 24.3 Å². The number of methoxy groups -OCH3 is 3. The van der Waals surface area contributed by atoms with Crippen LogP contribution in [-0.2, 0) is 0 Å². The molecule has 0 bridgehead atoms. The third-order valence-electron chi connectivity index (χ3n) is 9.16. The van der Waals surface area contributed by atoms with Crippen molar-refractivity contribution in [2.75, 3.05) is 57.2 Å².